The quantitative estimate of drug-likeness (QED) is 0.209. The van der Waals surface area contributed by atoms with E-state index in [4.69, 9.17) is 14.2 Å². The fourth-order valence-corrected chi connectivity index (χ4v) is 4.39. The number of ether oxygens (including phenoxy) is 3. The van der Waals surface area contributed by atoms with Gasteiger partial charge in [0.15, 0.2) is 0 Å². The van der Waals surface area contributed by atoms with Crippen LogP contribution in [-0.4, -0.2) is 36.6 Å². The third kappa shape index (κ3) is 5.52. The van der Waals surface area contributed by atoms with Crippen LogP contribution in [0.4, 0.5) is 5.69 Å². The van der Waals surface area contributed by atoms with Gasteiger partial charge in [0.05, 0.1) is 31.4 Å². The van der Waals surface area contributed by atoms with E-state index in [1.807, 2.05) is 33.8 Å². The van der Waals surface area contributed by atoms with E-state index in [0.717, 1.165) is 0 Å². The van der Waals surface area contributed by atoms with E-state index < -0.39 is 17.7 Å². The number of anilines is 1. The summed E-state index contributed by atoms with van der Waals surface area (Å²) in [7, 11) is 1.53. The minimum atomic E-state index is -0.914. The molecule has 4 rings (SSSR count). The molecule has 1 heterocycles. The van der Waals surface area contributed by atoms with Gasteiger partial charge in [0.25, 0.3) is 11.7 Å². The Bertz CT molecular complexity index is 1340. The standard InChI is InChI=1S/C31H33NO6/c1-19(2)18-37-24-10-8-9-21(17-24)29(33)27-28(25-11-6-7-12-26(25)36-5)32(31(35)30(27)34)22-13-15-23(16-14-22)38-20(3)4/h6-17,19-20,28,33H,18H2,1-5H3/b29-27-. The van der Waals surface area contributed by atoms with Crippen molar-refractivity contribution in [3.8, 4) is 17.2 Å². The van der Waals surface area contributed by atoms with Crippen LogP contribution in [0.1, 0.15) is 44.9 Å². The second kappa shape index (κ2) is 11.4. The van der Waals surface area contributed by atoms with E-state index in [1.165, 1.54) is 12.0 Å². The molecule has 3 aromatic rings. The Morgan fingerprint density at radius 1 is 0.921 bits per heavy atom. The number of ketones is 1. The van der Waals surface area contributed by atoms with Crippen molar-refractivity contribution in [3.05, 3.63) is 89.5 Å². The summed E-state index contributed by atoms with van der Waals surface area (Å²) in [5, 5.41) is 11.5. The van der Waals surface area contributed by atoms with Crippen LogP contribution >= 0.6 is 0 Å². The number of methoxy groups -OCH3 is 1. The third-order valence-corrected chi connectivity index (χ3v) is 6.06. The summed E-state index contributed by atoms with van der Waals surface area (Å²) in [6, 6.07) is 20.1. The highest BCUT2D eigenvalue weighted by Gasteiger charge is 2.48. The molecule has 0 radical (unpaired) electrons. The molecule has 1 N–H and O–H groups in total. The summed E-state index contributed by atoms with van der Waals surface area (Å²) in [6.07, 6.45) is -0.0102. The Morgan fingerprint density at radius 3 is 2.29 bits per heavy atom. The van der Waals surface area contributed by atoms with Gasteiger partial charge >= 0.3 is 0 Å². The minimum absolute atomic E-state index is 0.0102. The van der Waals surface area contributed by atoms with Crippen LogP contribution in [0.2, 0.25) is 0 Å². The molecule has 1 aliphatic heterocycles. The molecule has 7 nitrogen and oxygen atoms in total. The number of benzene rings is 3. The molecule has 198 valence electrons. The molecule has 7 heteroatoms. The van der Waals surface area contributed by atoms with Gasteiger partial charge in [-0.2, -0.15) is 0 Å². The zero-order chi connectivity index (χ0) is 27.4. The molecule has 0 spiro atoms. The van der Waals surface area contributed by atoms with Crippen molar-refractivity contribution in [1.29, 1.82) is 0 Å². The molecule has 0 saturated carbocycles. The van der Waals surface area contributed by atoms with Crippen LogP contribution in [0, 0.1) is 5.92 Å². The van der Waals surface area contributed by atoms with Gasteiger partial charge in [0.1, 0.15) is 23.0 Å². The van der Waals surface area contributed by atoms with Crippen LogP contribution in [0.25, 0.3) is 5.76 Å². The van der Waals surface area contributed by atoms with Crippen molar-refractivity contribution in [2.75, 3.05) is 18.6 Å². The number of carbonyl (C=O) groups excluding carboxylic acids is 2. The summed E-state index contributed by atoms with van der Waals surface area (Å²) in [4.78, 5) is 28.4. The summed E-state index contributed by atoms with van der Waals surface area (Å²) in [5.41, 5.74) is 1.42. The Labute approximate surface area is 223 Å². The highest BCUT2D eigenvalue weighted by atomic mass is 16.5. The summed E-state index contributed by atoms with van der Waals surface area (Å²) >= 11 is 0. The first kappa shape index (κ1) is 26.8. The number of hydrogen-bond donors (Lipinski definition) is 1. The molecule has 1 aliphatic rings. The Kier molecular flexibility index (Phi) is 8.05. The number of hydrogen-bond acceptors (Lipinski definition) is 6. The van der Waals surface area contributed by atoms with E-state index in [2.05, 4.69) is 0 Å². The molecule has 1 saturated heterocycles. The highest BCUT2D eigenvalue weighted by molar-refractivity contribution is 6.51. The lowest BCUT2D eigenvalue weighted by Crippen LogP contribution is -2.29. The van der Waals surface area contributed by atoms with Crippen LogP contribution < -0.4 is 19.1 Å². The van der Waals surface area contributed by atoms with E-state index >= 15 is 0 Å². The maximum Gasteiger partial charge on any atom is 0.300 e. The monoisotopic (exact) mass is 515 g/mol. The first-order chi connectivity index (χ1) is 18.2. The first-order valence-corrected chi connectivity index (χ1v) is 12.6. The molecule has 0 aliphatic carbocycles. The van der Waals surface area contributed by atoms with Crippen LogP contribution in [0.5, 0.6) is 17.2 Å². The molecule has 1 fully saturated rings. The average Bonchev–Trinajstić information content (AvgIpc) is 3.17. The molecule has 1 atom stereocenters. The van der Waals surface area contributed by atoms with Gasteiger partial charge in [0.2, 0.25) is 0 Å². The number of amides is 1. The van der Waals surface area contributed by atoms with Crippen molar-refractivity contribution in [2.24, 2.45) is 5.92 Å². The fraction of sp³-hybridized carbons (Fsp3) is 0.290. The maximum absolute atomic E-state index is 13.5. The summed E-state index contributed by atoms with van der Waals surface area (Å²) < 4.78 is 17.1. The van der Waals surface area contributed by atoms with Crippen molar-refractivity contribution >= 4 is 23.1 Å². The Hall–Kier alpha value is -4.26. The lowest BCUT2D eigenvalue weighted by Gasteiger charge is -2.27. The highest BCUT2D eigenvalue weighted by Crippen LogP contribution is 2.45. The van der Waals surface area contributed by atoms with Crippen molar-refractivity contribution in [1.82, 2.24) is 0 Å². The lowest BCUT2D eigenvalue weighted by molar-refractivity contribution is -0.132. The van der Waals surface area contributed by atoms with E-state index in [9.17, 15) is 14.7 Å². The molecule has 0 aromatic heterocycles. The zero-order valence-corrected chi connectivity index (χ0v) is 22.3. The normalized spacial score (nSPS) is 16.8. The second-order valence-electron chi connectivity index (χ2n) is 9.80. The topological polar surface area (TPSA) is 85.3 Å². The van der Waals surface area contributed by atoms with Crippen LogP contribution in [0.3, 0.4) is 0 Å². The zero-order valence-electron chi connectivity index (χ0n) is 22.3. The van der Waals surface area contributed by atoms with Crippen molar-refractivity contribution in [2.45, 2.75) is 39.8 Å². The molecular weight excluding hydrogens is 482 g/mol. The van der Waals surface area contributed by atoms with Gasteiger partial charge < -0.3 is 19.3 Å². The fourth-order valence-electron chi connectivity index (χ4n) is 4.39. The predicted octanol–water partition coefficient (Wildman–Crippen LogP) is 6.14. The number of aliphatic hydroxyl groups excluding tert-OH is 1. The van der Waals surface area contributed by atoms with Crippen LogP contribution in [-0.2, 0) is 9.59 Å². The van der Waals surface area contributed by atoms with Crippen LogP contribution in [0.15, 0.2) is 78.4 Å². The average molecular weight is 516 g/mol. The van der Waals surface area contributed by atoms with E-state index in [1.54, 1.807) is 66.7 Å². The van der Waals surface area contributed by atoms with Gasteiger partial charge in [-0.1, -0.05) is 44.2 Å². The number of para-hydroxylation sites is 1. The van der Waals surface area contributed by atoms with Gasteiger partial charge in [-0.05, 0) is 62.2 Å². The smallest absolute Gasteiger partial charge is 0.300 e. The summed E-state index contributed by atoms with van der Waals surface area (Å²) in [5.74, 6) is 0.210. The van der Waals surface area contributed by atoms with Crippen molar-refractivity contribution in [3.63, 3.8) is 0 Å². The largest absolute Gasteiger partial charge is 0.507 e. The third-order valence-electron chi connectivity index (χ3n) is 6.06. The number of rotatable bonds is 9. The number of Topliss-reactive ketones (excluding diaryl/α,β-unsaturated/α-hetero) is 1. The lowest BCUT2D eigenvalue weighted by atomic mass is 9.94. The first-order valence-electron chi connectivity index (χ1n) is 12.6. The molecular formula is C31H33NO6. The Balaban J connectivity index is 1.86. The minimum Gasteiger partial charge on any atom is -0.507 e. The number of aliphatic hydroxyl groups is 1. The Morgan fingerprint density at radius 2 is 1.63 bits per heavy atom. The van der Waals surface area contributed by atoms with Gasteiger partial charge in [0, 0.05) is 16.8 Å². The van der Waals surface area contributed by atoms with Gasteiger partial charge in [-0.25, -0.2) is 0 Å². The molecule has 38 heavy (non-hydrogen) atoms. The maximum atomic E-state index is 13.5. The van der Waals surface area contributed by atoms with Crippen molar-refractivity contribution < 1.29 is 28.9 Å². The van der Waals surface area contributed by atoms with Gasteiger partial charge in [-0.15, -0.1) is 0 Å². The molecule has 3 aromatic carbocycles. The van der Waals surface area contributed by atoms with E-state index in [-0.39, 0.29) is 17.4 Å². The predicted molar refractivity (Wildman–Crippen MR) is 147 cm³/mol. The van der Waals surface area contributed by atoms with Gasteiger partial charge in [-0.3, -0.25) is 14.5 Å². The molecule has 0 bridgehead atoms. The number of nitrogens with zero attached hydrogens (tertiary/aromatic N) is 1. The molecule has 1 amide bonds. The summed E-state index contributed by atoms with van der Waals surface area (Å²) in [6.45, 7) is 8.44. The van der Waals surface area contributed by atoms with E-state index in [0.29, 0.717) is 46.6 Å². The molecule has 1 unspecified atom stereocenters. The SMILES string of the molecule is COc1ccccc1C1/C(=C(/O)c2cccc(OCC(C)C)c2)C(=O)C(=O)N1c1ccc(OC(C)C)cc1. The number of carbonyl (C=O) groups is 2. The second-order valence-corrected chi connectivity index (χ2v) is 9.80.